The van der Waals surface area contributed by atoms with Crippen molar-refractivity contribution in [2.75, 3.05) is 5.32 Å². The Balaban J connectivity index is 1.73. The number of rotatable bonds is 4. The van der Waals surface area contributed by atoms with Crippen LogP contribution in [0.1, 0.15) is 5.69 Å². The van der Waals surface area contributed by atoms with Gasteiger partial charge in [0.1, 0.15) is 5.82 Å². The summed E-state index contributed by atoms with van der Waals surface area (Å²) in [5, 5.41) is 16.5. The summed E-state index contributed by atoms with van der Waals surface area (Å²) in [6.07, 6.45) is 0. The minimum Gasteiger partial charge on any atom is -0.328 e. The van der Waals surface area contributed by atoms with Crippen LogP contribution in [0.15, 0.2) is 59.4 Å². The predicted octanol–water partition coefficient (Wildman–Crippen LogP) is 4.60. The quantitative estimate of drug-likeness (QED) is 0.529. The summed E-state index contributed by atoms with van der Waals surface area (Å²) < 4.78 is 15.4. The van der Waals surface area contributed by atoms with Crippen molar-refractivity contribution in [1.82, 2.24) is 20.0 Å². The molecule has 0 fully saturated rings. The Hall–Kier alpha value is -3.10. The largest absolute Gasteiger partial charge is 0.328 e. The Bertz CT molecular complexity index is 1220. The molecule has 1 N–H and O–H groups in total. The van der Waals surface area contributed by atoms with E-state index in [9.17, 15) is 9.18 Å². The lowest BCUT2D eigenvalue weighted by Gasteiger charge is -2.11. The second kappa shape index (κ2) is 7.49. The van der Waals surface area contributed by atoms with Gasteiger partial charge in [-0.1, -0.05) is 47.2 Å². The van der Waals surface area contributed by atoms with Gasteiger partial charge in [-0.15, -0.1) is 10.2 Å². The molecule has 0 aliphatic heterocycles. The molecule has 4 rings (SSSR count). The van der Waals surface area contributed by atoms with Gasteiger partial charge >= 0.3 is 0 Å². The number of halogens is 2. The second-order valence-corrected chi connectivity index (χ2v) is 7.26. The summed E-state index contributed by atoms with van der Waals surface area (Å²) >= 11 is 7.38. The third kappa shape index (κ3) is 3.51. The van der Waals surface area contributed by atoms with Crippen LogP contribution in [-0.4, -0.2) is 20.0 Å². The van der Waals surface area contributed by atoms with Gasteiger partial charge in [-0.25, -0.2) is 9.07 Å². The number of aromatic nitrogens is 4. The SMILES string of the molecule is Cc1cc(=O)c(-c2nnc(Nc3ccccc3F)s2)nn1-c1ccccc1Cl. The highest BCUT2D eigenvalue weighted by molar-refractivity contribution is 7.18. The maximum absolute atomic E-state index is 13.8. The zero-order chi connectivity index (χ0) is 19.7. The topological polar surface area (TPSA) is 72.7 Å². The molecule has 2 heterocycles. The van der Waals surface area contributed by atoms with Crippen LogP contribution in [0.4, 0.5) is 15.2 Å². The number of nitrogens with one attached hydrogen (secondary N) is 1. The molecule has 2 aromatic carbocycles. The van der Waals surface area contributed by atoms with E-state index in [1.54, 1.807) is 35.9 Å². The third-order valence-electron chi connectivity index (χ3n) is 3.93. The first-order valence-electron chi connectivity index (χ1n) is 8.24. The van der Waals surface area contributed by atoms with Gasteiger partial charge in [0, 0.05) is 11.8 Å². The molecule has 6 nitrogen and oxygen atoms in total. The van der Waals surface area contributed by atoms with Crippen LogP contribution in [0.2, 0.25) is 5.02 Å². The molecule has 9 heteroatoms. The van der Waals surface area contributed by atoms with Crippen molar-refractivity contribution >= 4 is 33.8 Å². The minimum absolute atomic E-state index is 0.143. The number of hydrogen-bond donors (Lipinski definition) is 1. The van der Waals surface area contributed by atoms with Crippen molar-refractivity contribution in [1.29, 1.82) is 0 Å². The van der Waals surface area contributed by atoms with Gasteiger partial charge in [-0.2, -0.15) is 5.10 Å². The fourth-order valence-electron chi connectivity index (χ4n) is 2.61. The first-order valence-corrected chi connectivity index (χ1v) is 9.43. The molecule has 0 bridgehead atoms. The van der Waals surface area contributed by atoms with Gasteiger partial charge < -0.3 is 5.32 Å². The van der Waals surface area contributed by atoms with Crippen molar-refractivity contribution in [2.24, 2.45) is 0 Å². The molecule has 0 radical (unpaired) electrons. The molecule has 0 atom stereocenters. The maximum atomic E-state index is 13.8. The van der Waals surface area contributed by atoms with E-state index in [0.717, 1.165) is 11.3 Å². The molecule has 0 aliphatic rings. The minimum atomic E-state index is -0.409. The summed E-state index contributed by atoms with van der Waals surface area (Å²) in [7, 11) is 0. The molecule has 140 valence electrons. The Labute approximate surface area is 168 Å². The maximum Gasteiger partial charge on any atom is 0.210 e. The number of para-hydroxylation sites is 2. The fraction of sp³-hybridized carbons (Fsp3) is 0.0526. The standard InChI is InChI=1S/C19H13ClFN5OS/c1-11-10-16(27)17(25-26(11)15-9-5-2-6-12(15)20)18-23-24-19(28-18)22-14-8-4-3-7-13(14)21/h2-10H,1H3,(H,22,24). The van der Waals surface area contributed by atoms with Crippen molar-refractivity contribution in [3.05, 3.63) is 81.4 Å². The molecule has 2 aromatic heterocycles. The molecule has 0 amide bonds. The average Bonchev–Trinajstić information content (AvgIpc) is 3.13. The first kappa shape index (κ1) is 18.3. The van der Waals surface area contributed by atoms with E-state index in [4.69, 9.17) is 11.6 Å². The average molecular weight is 414 g/mol. The van der Waals surface area contributed by atoms with Crippen LogP contribution in [0.3, 0.4) is 0 Å². The number of nitrogens with zero attached hydrogens (tertiary/aromatic N) is 4. The van der Waals surface area contributed by atoms with Crippen LogP contribution >= 0.6 is 22.9 Å². The molecule has 0 unspecified atom stereocenters. The van der Waals surface area contributed by atoms with E-state index >= 15 is 0 Å². The van der Waals surface area contributed by atoms with Gasteiger partial charge in [0.25, 0.3) is 0 Å². The van der Waals surface area contributed by atoms with Crippen LogP contribution < -0.4 is 10.7 Å². The molecule has 4 aromatic rings. The summed E-state index contributed by atoms with van der Waals surface area (Å²) in [6.45, 7) is 1.77. The van der Waals surface area contributed by atoms with Crippen LogP contribution in [-0.2, 0) is 0 Å². The van der Waals surface area contributed by atoms with Gasteiger partial charge in [0.2, 0.25) is 10.6 Å². The smallest absolute Gasteiger partial charge is 0.210 e. The molecule has 0 saturated carbocycles. The van der Waals surface area contributed by atoms with Gasteiger partial charge in [-0.3, -0.25) is 4.79 Å². The lowest BCUT2D eigenvalue weighted by atomic mass is 10.3. The first-order chi connectivity index (χ1) is 13.5. The molecular weight excluding hydrogens is 401 g/mol. The Morgan fingerprint density at radius 1 is 1.11 bits per heavy atom. The van der Waals surface area contributed by atoms with Crippen molar-refractivity contribution in [2.45, 2.75) is 6.92 Å². The lowest BCUT2D eigenvalue weighted by molar-refractivity contribution is 0.632. The molecule has 0 aliphatic carbocycles. The van der Waals surface area contributed by atoms with Crippen LogP contribution in [0.25, 0.3) is 16.4 Å². The summed E-state index contributed by atoms with van der Waals surface area (Å²) in [6, 6.07) is 14.9. The van der Waals surface area contributed by atoms with E-state index in [0.29, 0.717) is 26.5 Å². The third-order valence-corrected chi connectivity index (χ3v) is 5.10. The molecular formula is C19H13ClFN5OS. The Morgan fingerprint density at radius 3 is 2.64 bits per heavy atom. The zero-order valence-electron chi connectivity index (χ0n) is 14.6. The number of anilines is 2. The van der Waals surface area contributed by atoms with Crippen molar-refractivity contribution < 1.29 is 4.39 Å². The van der Waals surface area contributed by atoms with E-state index in [2.05, 4.69) is 20.6 Å². The molecule has 0 spiro atoms. The molecule has 28 heavy (non-hydrogen) atoms. The number of hydrogen-bond acceptors (Lipinski definition) is 6. The number of benzene rings is 2. The highest BCUT2D eigenvalue weighted by Crippen LogP contribution is 2.27. The van der Waals surface area contributed by atoms with Gasteiger partial charge in [0.05, 0.1) is 16.4 Å². The van der Waals surface area contributed by atoms with Crippen molar-refractivity contribution in [3.8, 4) is 16.4 Å². The Morgan fingerprint density at radius 2 is 1.86 bits per heavy atom. The summed E-state index contributed by atoms with van der Waals surface area (Å²) in [5.74, 6) is -0.409. The van der Waals surface area contributed by atoms with E-state index in [1.165, 1.54) is 12.1 Å². The van der Waals surface area contributed by atoms with Crippen LogP contribution in [0.5, 0.6) is 0 Å². The van der Waals surface area contributed by atoms with E-state index < -0.39 is 5.82 Å². The summed E-state index contributed by atoms with van der Waals surface area (Å²) in [4.78, 5) is 12.5. The molecule has 0 saturated heterocycles. The monoisotopic (exact) mass is 413 g/mol. The van der Waals surface area contributed by atoms with Crippen LogP contribution in [0, 0.1) is 12.7 Å². The lowest BCUT2D eigenvalue weighted by Crippen LogP contribution is -2.16. The highest BCUT2D eigenvalue weighted by atomic mass is 35.5. The van der Waals surface area contributed by atoms with E-state index in [-0.39, 0.29) is 16.8 Å². The van der Waals surface area contributed by atoms with E-state index in [1.807, 2.05) is 18.2 Å². The Kier molecular flexibility index (Phi) is 4.89. The highest BCUT2D eigenvalue weighted by Gasteiger charge is 2.16. The van der Waals surface area contributed by atoms with Crippen molar-refractivity contribution in [3.63, 3.8) is 0 Å². The zero-order valence-corrected chi connectivity index (χ0v) is 16.1. The normalized spacial score (nSPS) is 10.8. The summed E-state index contributed by atoms with van der Waals surface area (Å²) in [5.41, 5.74) is 1.42. The predicted molar refractivity (Wildman–Crippen MR) is 108 cm³/mol. The number of aryl methyl sites for hydroxylation is 1. The van der Waals surface area contributed by atoms with Gasteiger partial charge in [-0.05, 0) is 31.2 Å². The fourth-order valence-corrected chi connectivity index (χ4v) is 3.57. The van der Waals surface area contributed by atoms with Gasteiger partial charge in [0.15, 0.2) is 10.7 Å². The second-order valence-electron chi connectivity index (χ2n) is 5.88.